The van der Waals surface area contributed by atoms with Crippen LogP contribution in [0.1, 0.15) is 19.8 Å². The van der Waals surface area contributed by atoms with Crippen molar-refractivity contribution in [2.24, 2.45) is 0 Å². The zero-order valence-corrected chi connectivity index (χ0v) is 8.06. The summed E-state index contributed by atoms with van der Waals surface area (Å²) in [7, 11) is 0. The van der Waals surface area contributed by atoms with E-state index in [1.807, 2.05) is 6.92 Å². The first-order chi connectivity index (χ1) is 5.57. The molecule has 0 aliphatic heterocycles. The van der Waals surface area contributed by atoms with E-state index in [-0.39, 0.29) is 0 Å². The molecular weight excluding hydrogens is 203 g/mol. The summed E-state index contributed by atoms with van der Waals surface area (Å²) in [5.74, 6) is -1.64. The van der Waals surface area contributed by atoms with Crippen LogP contribution in [0.3, 0.4) is 0 Å². The Hall–Kier alpha value is -0.280. The monoisotopic (exact) mass is 211 g/mol. The minimum absolute atomic E-state index is 0.571. The van der Waals surface area contributed by atoms with Gasteiger partial charge in [0, 0.05) is 0 Å². The highest BCUT2D eigenvalue weighted by Gasteiger charge is 2.16. The second kappa shape index (κ2) is 6.26. The largest absolute Gasteiger partial charge is 0.391 e. The molecule has 0 aromatic carbocycles. The summed E-state index contributed by atoms with van der Waals surface area (Å²) in [5, 5.41) is 0. The third-order valence-electron chi connectivity index (χ3n) is 0.979. The Bertz CT molecular complexity index is 168. The predicted molar refractivity (Wildman–Crippen MR) is 45.8 cm³/mol. The maximum absolute atomic E-state index is 10.7. The second-order valence-corrected chi connectivity index (χ2v) is 3.13. The predicted octanol–water partition coefficient (Wildman–Crippen LogP) is 1.86. The quantitative estimate of drug-likeness (QED) is 0.405. The van der Waals surface area contributed by atoms with Crippen LogP contribution < -0.4 is 0 Å². The smallest absolute Gasteiger partial charge is 0.347 e. The molecule has 0 amide bonds. The van der Waals surface area contributed by atoms with E-state index in [0.29, 0.717) is 6.42 Å². The Balaban J connectivity index is 3.62. The highest BCUT2D eigenvalue weighted by Crippen LogP contribution is 2.05. The fraction of sp³-hybridized carbons (Fsp3) is 0.571. The molecule has 0 spiro atoms. The molecule has 0 atom stereocenters. The van der Waals surface area contributed by atoms with Crippen molar-refractivity contribution in [3.05, 3.63) is 6.42 Å². The number of halogens is 2. The first kappa shape index (κ1) is 11.7. The van der Waals surface area contributed by atoms with Crippen molar-refractivity contribution in [2.45, 2.75) is 24.6 Å². The maximum atomic E-state index is 10.7. The van der Waals surface area contributed by atoms with Gasteiger partial charge in [-0.05, 0) is 6.42 Å². The molecule has 0 rings (SSSR count). The van der Waals surface area contributed by atoms with Crippen LogP contribution in [-0.2, 0) is 14.3 Å². The first-order valence-electron chi connectivity index (χ1n) is 3.45. The molecule has 0 aromatic heterocycles. The van der Waals surface area contributed by atoms with Crippen molar-refractivity contribution in [1.29, 1.82) is 0 Å². The van der Waals surface area contributed by atoms with Crippen LogP contribution in [0.2, 0.25) is 0 Å². The summed E-state index contributed by atoms with van der Waals surface area (Å²) in [5.41, 5.74) is 0. The fourth-order valence-electron chi connectivity index (χ4n) is 0.448. The molecular formula is C7H9Cl2O3. The van der Waals surface area contributed by atoms with Crippen LogP contribution in [0.15, 0.2) is 0 Å². The van der Waals surface area contributed by atoms with Gasteiger partial charge in [-0.15, -0.1) is 0 Å². The Morgan fingerprint density at radius 2 is 2.08 bits per heavy atom. The van der Waals surface area contributed by atoms with E-state index >= 15 is 0 Å². The summed E-state index contributed by atoms with van der Waals surface area (Å²) < 4.78 is 4.22. The Morgan fingerprint density at radius 1 is 1.50 bits per heavy atom. The summed E-state index contributed by atoms with van der Waals surface area (Å²) in [4.78, 5) is 20.0. The molecule has 69 valence electrons. The van der Waals surface area contributed by atoms with Gasteiger partial charge in [0.1, 0.15) is 0 Å². The molecule has 12 heavy (non-hydrogen) atoms. The molecule has 0 aliphatic carbocycles. The van der Waals surface area contributed by atoms with Gasteiger partial charge in [0.2, 0.25) is 4.84 Å². The van der Waals surface area contributed by atoms with Gasteiger partial charge in [-0.1, -0.05) is 36.5 Å². The summed E-state index contributed by atoms with van der Waals surface area (Å²) >= 11 is 10.3. The Labute approximate surface area is 81.0 Å². The van der Waals surface area contributed by atoms with Crippen LogP contribution >= 0.6 is 23.2 Å². The van der Waals surface area contributed by atoms with Crippen molar-refractivity contribution in [3.8, 4) is 0 Å². The van der Waals surface area contributed by atoms with Gasteiger partial charge in [-0.2, -0.15) is 0 Å². The van der Waals surface area contributed by atoms with Gasteiger partial charge in [-0.25, -0.2) is 4.79 Å². The molecule has 5 heteroatoms. The number of unbranched alkanes of at least 4 members (excludes halogenated alkanes) is 1. The lowest BCUT2D eigenvalue weighted by Gasteiger charge is -2.01. The lowest BCUT2D eigenvalue weighted by atomic mass is 10.2. The Morgan fingerprint density at radius 3 is 2.50 bits per heavy atom. The van der Waals surface area contributed by atoms with E-state index in [4.69, 9.17) is 23.2 Å². The van der Waals surface area contributed by atoms with Crippen LogP contribution in [0, 0.1) is 6.42 Å². The van der Waals surface area contributed by atoms with E-state index in [9.17, 15) is 9.59 Å². The molecule has 3 nitrogen and oxygen atoms in total. The number of carbonyl (C=O) groups is 2. The van der Waals surface area contributed by atoms with Crippen LogP contribution in [0.4, 0.5) is 0 Å². The number of esters is 2. The van der Waals surface area contributed by atoms with Crippen LogP contribution in [0.25, 0.3) is 0 Å². The van der Waals surface area contributed by atoms with Crippen molar-refractivity contribution in [1.82, 2.24) is 0 Å². The lowest BCUT2D eigenvalue weighted by molar-refractivity contribution is -0.155. The number of hydrogen-bond donors (Lipinski definition) is 0. The normalized spacial score (nSPS) is 10.0. The average molecular weight is 212 g/mol. The topological polar surface area (TPSA) is 43.4 Å². The third kappa shape index (κ3) is 5.38. The van der Waals surface area contributed by atoms with Gasteiger partial charge in [0.15, 0.2) is 0 Å². The summed E-state index contributed by atoms with van der Waals surface area (Å²) in [6.07, 6.45) is 2.66. The molecule has 0 N–H and O–H groups in total. The highest BCUT2D eigenvalue weighted by molar-refractivity contribution is 6.53. The van der Waals surface area contributed by atoms with Crippen molar-refractivity contribution >= 4 is 35.1 Å². The minimum Gasteiger partial charge on any atom is -0.391 e. The molecule has 0 heterocycles. The number of hydrogen-bond acceptors (Lipinski definition) is 3. The zero-order chi connectivity index (χ0) is 9.56. The second-order valence-electron chi connectivity index (χ2n) is 2.03. The van der Waals surface area contributed by atoms with E-state index < -0.39 is 16.8 Å². The highest BCUT2D eigenvalue weighted by atomic mass is 35.5. The molecule has 0 fully saturated rings. The summed E-state index contributed by atoms with van der Waals surface area (Å²) in [6.45, 7) is 1.90. The molecule has 1 radical (unpaired) electrons. The number of rotatable bonds is 4. The molecule has 0 saturated carbocycles. The Kier molecular flexibility index (Phi) is 6.11. The van der Waals surface area contributed by atoms with Crippen molar-refractivity contribution < 1.29 is 14.3 Å². The number of carbonyl (C=O) groups excluding carboxylic acids is 2. The van der Waals surface area contributed by atoms with Gasteiger partial charge in [0.25, 0.3) is 0 Å². The fourth-order valence-corrected chi connectivity index (χ4v) is 0.537. The van der Waals surface area contributed by atoms with E-state index in [1.165, 1.54) is 6.42 Å². The maximum Gasteiger partial charge on any atom is 0.347 e. The molecule has 0 aliphatic rings. The first-order valence-corrected chi connectivity index (χ1v) is 4.32. The lowest BCUT2D eigenvalue weighted by Crippen LogP contribution is -2.17. The zero-order valence-electron chi connectivity index (χ0n) is 6.55. The van der Waals surface area contributed by atoms with E-state index in [2.05, 4.69) is 4.74 Å². The molecule has 0 unspecified atom stereocenters. The standard InChI is InChI=1S/C7H9Cl2O3/c1-2-3-4-5(10)12-7(11)6(8)9/h4,6H,2-3H2,1H3. The van der Waals surface area contributed by atoms with E-state index in [1.54, 1.807) is 0 Å². The van der Waals surface area contributed by atoms with Gasteiger partial charge < -0.3 is 4.74 Å². The molecule has 0 saturated heterocycles. The van der Waals surface area contributed by atoms with Crippen molar-refractivity contribution in [3.63, 3.8) is 0 Å². The van der Waals surface area contributed by atoms with Crippen molar-refractivity contribution in [2.75, 3.05) is 0 Å². The van der Waals surface area contributed by atoms with E-state index in [0.717, 1.165) is 6.42 Å². The average Bonchev–Trinajstić information content (AvgIpc) is 2.00. The summed E-state index contributed by atoms with van der Waals surface area (Å²) in [6, 6.07) is 0. The third-order valence-corrected chi connectivity index (χ3v) is 1.34. The molecule has 0 bridgehead atoms. The minimum atomic E-state index is -1.30. The SMILES string of the molecule is CCC[CH]C(=O)OC(=O)C(Cl)Cl. The van der Waals surface area contributed by atoms with Crippen LogP contribution in [0.5, 0.6) is 0 Å². The van der Waals surface area contributed by atoms with Gasteiger partial charge in [-0.3, -0.25) is 4.79 Å². The number of ether oxygens (including phenoxy) is 1. The molecule has 0 aromatic rings. The number of alkyl halides is 2. The van der Waals surface area contributed by atoms with Crippen LogP contribution in [-0.4, -0.2) is 16.8 Å². The van der Waals surface area contributed by atoms with Gasteiger partial charge >= 0.3 is 11.9 Å². The van der Waals surface area contributed by atoms with Gasteiger partial charge in [0.05, 0.1) is 6.42 Å².